The van der Waals surface area contributed by atoms with Gasteiger partial charge in [-0.3, -0.25) is 29.0 Å². The molecule has 2 N–H and O–H groups in total. The molecule has 34 heavy (non-hydrogen) atoms. The van der Waals surface area contributed by atoms with Crippen molar-refractivity contribution in [1.82, 2.24) is 9.80 Å². The Bertz CT molecular complexity index is 1020. The van der Waals surface area contributed by atoms with Crippen molar-refractivity contribution in [3.05, 3.63) is 58.7 Å². The zero-order chi connectivity index (χ0) is 24.8. The number of nitrogens with one attached hydrogen (secondary N) is 2. The summed E-state index contributed by atoms with van der Waals surface area (Å²) in [4.78, 5) is 56.0. The molecule has 180 valence electrons. The van der Waals surface area contributed by atoms with E-state index >= 15 is 0 Å². The standard InChI is InChI=1S/C26H32N4O4/c1-5-29(6-2)15-21(31)27-19-13-9-11-17-23(19)25(33)18-12-10-14-20(24(18)26(17)34)28-22(32)16-30(7-3)8-4/h9-14H,5-8,15-16H2,1-4H3,(H,27,31)(H,28,32). The Morgan fingerprint density at radius 3 is 1.32 bits per heavy atom. The lowest BCUT2D eigenvalue weighted by molar-refractivity contribution is -0.118. The smallest absolute Gasteiger partial charge is 0.238 e. The van der Waals surface area contributed by atoms with Crippen LogP contribution >= 0.6 is 0 Å². The van der Waals surface area contributed by atoms with Crippen molar-refractivity contribution in [3.63, 3.8) is 0 Å². The van der Waals surface area contributed by atoms with Gasteiger partial charge in [-0.2, -0.15) is 0 Å². The van der Waals surface area contributed by atoms with Crippen molar-refractivity contribution >= 4 is 34.8 Å². The molecule has 0 fully saturated rings. The van der Waals surface area contributed by atoms with Crippen LogP contribution in [0.2, 0.25) is 0 Å². The maximum atomic E-state index is 13.5. The summed E-state index contributed by atoms with van der Waals surface area (Å²) in [6.07, 6.45) is 0. The lowest BCUT2D eigenvalue weighted by Gasteiger charge is -2.24. The lowest BCUT2D eigenvalue weighted by Crippen LogP contribution is -2.34. The number of ketones is 2. The van der Waals surface area contributed by atoms with E-state index in [1.54, 1.807) is 36.4 Å². The molecule has 0 bridgehead atoms. The number of likely N-dealkylation sites (N-methyl/N-ethyl adjacent to an activating group) is 2. The molecule has 0 spiro atoms. The second-order valence-electron chi connectivity index (χ2n) is 8.13. The minimum atomic E-state index is -0.358. The van der Waals surface area contributed by atoms with Gasteiger partial charge in [-0.05, 0) is 38.3 Å². The number of anilines is 2. The van der Waals surface area contributed by atoms with Crippen LogP contribution in [-0.2, 0) is 9.59 Å². The molecule has 2 aromatic rings. The molecular formula is C26H32N4O4. The SMILES string of the molecule is CCN(CC)CC(=O)Nc1cccc2c1C(=O)c1cccc(NC(=O)CN(CC)CC)c1C2=O. The molecule has 0 aliphatic heterocycles. The normalized spacial score (nSPS) is 12.5. The van der Waals surface area contributed by atoms with Gasteiger partial charge in [0.2, 0.25) is 11.8 Å². The Kier molecular flexibility index (Phi) is 8.31. The first-order valence-corrected chi connectivity index (χ1v) is 11.7. The van der Waals surface area contributed by atoms with Gasteiger partial charge in [0.05, 0.1) is 35.6 Å². The summed E-state index contributed by atoms with van der Waals surface area (Å²) in [7, 11) is 0. The van der Waals surface area contributed by atoms with Crippen LogP contribution in [0, 0.1) is 0 Å². The number of hydrogen-bond donors (Lipinski definition) is 2. The average molecular weight is 465 g/mol. The number of carbonyl (C=O) groups is 4. The Hall–Kier alpha value is -3.36. The Labute approximate surface area is 200 Å². The monoisotopic (exact) mass is 464 g/mol. The highest BCUT2D eigenvalue weighted by Crippen LogP contribution is 2.35. The summed E-state index contributed by atoms with van der Waals surface area (Å²) < 4.78 is 0. The van der Waals surface area contributed by atoms with Crippen LogP contribution < -0.4 is 10.6 Å². The fraction of sp³-hybridized carbons (Fsp3) is 0.385. The number of fused-ring (bicyclic) bond motifs is 2. The third-order valence-electron chi connectivity index (χ3n) is 6.14. The number of nitrogens with zero attached hydrogens (tertiary/aromatic N) is 2. The lowest BCUT2D eigenvalue weighted by atomic mass is 9.82. The van der Waals surface area contributed by atoms with E-state index in [0.717, 1.165) is 26.2 Å². The van der Waals surface area contributed by atoms with Crippen molar-refractivity contribution < 1.29 is 19.2 Å². The minimum Gasteiger partial charge on any atom is -0.324 e. The predicted octanol–water partition coefficient (Wildman–Crippen LogP) is 3.02. The third-order valence-corrected chi connectivity index (χ3v) is 6.14. The quantitative estimate of drug-likeness (QED) is 0.479. The van der Waals surface area contributed by atoms with E-state index in [4.69, 9.17) is 0 Å². The van der Waals surface area contributed by atoms with Crippen molar-refractivity contribution in [2.75, 3.05) is 49.9 Å². The Balaban J connectivity index is 1.92. The second kappa shape index (κ2) is 11.2. The molecule has 1 aliphatic carbocycles. The highest BCUT2D eigenvalue weighted by Gasteiger charge is 2.34. The van der Waals surface area contributed by atoms with Crippen molar-refractivity contribution in [2.24, 2.45) is 0 Å². The van der Waals surface area contributed by atoms with Crippen LogP contribution in [0.4, 0.5) is 11.4 Å². The third kappa shape index (κ3) is 5.24. The highest BCUT2D eigenvalue weighted by molar-refractivity contribution is 6.32. The van der Waals surface area contributed by atoms with Crippen LogP contribution in [0.25, 0.3) is 0 Å². The summed E-state index contributed by atoms with van der Waals surface area (Å²) in [5, 5.41) is 5.61. The summed E-state index contributed by atoms with van der Waals surface area (Å²) >= 11 is 0. The van der Waals surface area contributed by atoms with E-state index in [-0.39, 0.29) is 58.7 Å². The topological polar surface area (TPSA) is 98.8 Å². The number of carbonyl (C=O) groups excluding carboxylic acids is 4. The average Bonchev–Trinajstić information content (AvgIpc) is 2.84. The van der Waals surface area contributed by atoms with E-state index in [2.05, 4.69) is 10.6 Å². The van der Waals surface area contributed by atoms with Gasteiger partial charge in [0.25, 0.3) is 0 Å². The van der Waals surface area contributed by atoms with E-state index in [9.17, 15) is 19.2 Å². The first kappa shape index (κ1) is 25.3. The maximum Gasteiger partial charge on any atom is 0.238 e. The van der Waals surface area contributed by atoms with Gasteiger partial charge in [0, 0.05) is 11.1 Å². The summed E-state index contributed by atoms with van der Waals surface area (Å²) in [5.41, 5.74) is 1.41. The van der Waals surface area contributed by atoms with Crippen LogP contribution in [0.5, 0.6) is 0 Å². The van der Waals surface area contributed by atoms with Crippen LogP contribution in [0.1, 0.15) is 59.5 Å². The molecule has 1 aliphatic rings. The molecule has 3 rings (SSSR count). The fourth-order valence-electron chi connectivity index (χ4n) is 4.13. The summed E-state index contributed by atoms with van der Waals surface area (Å²) in [5.74, 6) is -1.22. The number of benzene rings is 2. The van der Waals surface area contributed by atoms with E-state index in [1.807, 2.05) is 37.5 Å². The molecule has 0 heterocycles. The zero-order valence-corrected chi connectivity index (χ0v) is 20.2. The van der Waals surface area contributed by atoms with Crippen LogP contribution in [0.3, 0.4) is 0 Å². The van der Waals surface area contributed by atoms with Crippen molar-refractivity contribution in [3.8, 4) is 0 Å². The second-order valence-corrected chi connectivity index (χ2v) is 8.13. The van der Waals surface area contributed by atoms with E-state index in [1.165, 1.54) is 0 Å². The van der Waals surface area contributed by atoms with Gasteiger partial charge in [0.15, 0.2) is 11.6 Å². The molecule has 0 atom stereocenters. The van der Waals surface area contributed by atoms with Crippen LogP contribution in [0.15, 0.2) is 36.4 Å². The zero-order valence-electron chi connectivity index (χ0n) is 20.2. The van der Waals surface area contributed by atoms with Gasteiger partial charge in [0.1, 0.15) is 0 Å². The molecule has 8 heteroatoms. The summed E-state index contributed by atoms with van der Waals surface area (Å²) in [6.45, 7) is 11.2. The summed E-state index contributed by atoms with van der Waals surface area (Å²) in [6, 6.07) is 9.70. The van der Waals surface area contributed by atoms with Gasteiger partial charge >= 0.3 is 0 Å². The number of hydrogen-bond acceptors (Lipinski definition) is 6. The molecule has 8 nitrogen and oxygen atoms in total. The maximum absolute atomic E-state index is 13.5. The first-order chi connectivity index (χ1) is 16.3. The highest BCUT2D eigenvalue weighted by atomic mass is 16.2. The fourth-order valence-corrected chi connectivity index (χ4v) is 4.13. The number of amides is 2. The molecule has 2 amide bonds. The predicted molar refractivity (Wildman–Crippen MR) is 133 cm³/mol. The minimum absolute atomic E-state index is 0.180. The molecule has 0 unspecified atom stereocenters. The first-order valence-electron chi connectivity index (χ1n) is 11.7. The van der Waals surface area contributed by atoms with Gasteiger partial charge < -0.3 is 10.6 Å². The molecule has 0 aromatic heterocycles. The van der Waals surface area contributed by atoms with Crippen LogP contribution in [-0.4, -0.2) is 72.4 Å². The van der Waals surface area contributed by atoms with Crippen molar-refractivity contribution in [1.29, 1.82) is 0 Å². The molecule has 0 saturated heterocycles. The van der Waals surface area contributed by atoms with Gasteiger partial charge in [-0.25, -0.2) is 0 Å². The Morgan fingerprint density at radius 2 is 1.00 bits per heavy atom. The molecular weight excluding hydrogens is 432 g/mol. The van der Waals surface area contributed by atoms with Gasteiger partial charge in [-0.15, -0.1) is 0 Å². The molecule has 0 saturated carbocycles. The molecule has 0 radical (unpaired) electrons. The van der Waals surface area contributed by atoms with E-state index < -0.39 is 0 Å². The number of rotatable bonds is 10. The Morgan fingerprint density at radius 1 is 0.647 bits per heavy atom. The largest absolute Gasteiger partial charge is 0.324 e. The van der Waals surface area contributed by atoms with Crippen molar-refractivity contribution in [2.45, 2.75) is 27.7 Å². The van der Waals surface area contributed by atoms with E-state index in [0.29, 0.717) is 11.4 Å². The molecule has 2 aromatic carbocycles. The van der Waals surface area contributed by atoms with Gasteiger partial charge in [-0.1, -0.05) is 52.0 Å².